The Morgan fingerprint density at radius 1 is 1.59 bits per heavy atom. The maximum Gasteiger partial charge on any atom is 0.281 e. The Kier molecular flexibility index (Phi) is 4.67. The average Bonchev–Trinajstić information content (AvgIpc) is 2.95. The Morgan fingerprint density at radius 3 is 3.12 bits per heavy atom. The summed E-state index contributed by atoms with van der Waals surface area (Å²) < 4.78 is 5.42. The molecule has 0 aromatic rings. The Labute approximate surface area is 105 Å². The molecule has 0 bridgehead atoms. The smallest absolute Gasteiger partial charge is 0.281 e. The van der Waals surface area contributed by atoms with Gasteiger partial charge in [-0.15, -0.1) is 0 Å². The fourth-order valence-electron chi connectivity index (χ4n) is 1.99. The Morgan fingerprint density at radius 2 is 2.47 bits per heavy atom. The van der Waals surface area contributed by atoms with Gasteiger partial charge >= 0.3 is 0 Å². The van der Waals surface area contributed by atoms with Crippen LogP contribution in [0.1, 0.15) is 19.3 Å². The molecule has 2 heterocycles. The lowest BCUT2D eigenvalue weighted by Gasteiger charge is -2.15. The van der Waals surface area contributed by atoms with E-state index in [1.165, 1.54) is 11.8 Å². The van der Waals surface area contributed by atoms with E-state index in [4.69, 9.17) is 4.74 Å². The predicted octanol–water partition coefficient (Wildman–Crippen LogP) is 0.840. The van der Waals surface area contributed by atoms with Crippen LogP contribution in [0.25, 0.3) is 0 Å². The van der Waals surface area contributed by atoms with Gasteiger partial charge in [-0.3, -0.25) is 9.59 Å². The lowest BCUT2D eigenvalue weighted by Crippen LogP contribution is -2.34. The maximum absolute atomic E-state index is 11.6. The van der Waals surface area contributed by atoms with Crippen LogP contribution in [0.15, 0.2) is 0 Å². The molecule has 0 aromatic carbocycles. The van der Waals surface area contributed by atoms with Gasteiger partial charge < -0.3 is 15.0 Å². The third-order valence-electron chi connectivity index (χ3n) is 3.00. The van der Waals surface area contributed by atoms with E-state index in [9.17, 15) is 9.59 Å². The molecule has 0 radical (unpaired) electrons. The Hall–Kier alpha value is -0.750. The number of amides is 2. The number of hydrogen-bond donors (Lipinski definition) is 1. The van der Waals surface area contributed by atoms with Crippen LogP contribution in [-0.2, 0) is 9.53 Å². The molecule has 96 valence electrons. The second-order valence-corrected chi connectivity index (χ2v) is 5.34. The molecule has 0 unspecified atom stereocenters. The fourth-order valence-corrected chi connectivity index (χ4v) is 2.84. The summed E-state index contributed by atoms with van der Waals surface area (Å²) in [5.41, 5.74) is 0. The molecule has 2 saturated heterocycles. The van der Waals surface area contributed by atoms with Gasteiger partial charge in [-0.25, -0.2) is 0 Å². The van der Waals surface area contributed by atoms with Crippen molar-refractivity contribution in [2.75, 3.05) is 32.0 Å². The number of nitrogens with one attached hydrogen (secondary N) is 1. The van der Waals surface area contributed by atoms with E-state index in [0.29, 0.717) is 19.5 Å². The monoisotopic (exact) mass is 258 g/mol. The zero-order valence-electron chi connectivity index (χ0n) is 9.81. The minimum absolute atomic E-state index is 0.00481. The summed E-state index contributed by atoms with van der Waals surface area (Å²) in [6.45, 7) is 2.70. The lowest BCUT2D eigenvalue weighted by atomic mass is 10.2. The van der Waals surface area contributed by atoms with Gasteiger partial charge in [-0.2, -0.15) is 0 Å². The molecule has 2 amide bonds. The number of thioether (sulfide) groups is 1. The predicted molar refractivity (Wildman–Crippen MR) is 66.0 cm³/mol. The zero-order chi connectivity index (χ0) is 12.1. The minimum Gasteiger partial charge on any atom is -0.376 e. The molecule has 6 heteroatoms. The van der Waals surface area contributed by atoms with E-state index >= 15 is 0 Å². The van der Waals surface area contributed by atoms with E-state index in [-0.39, 0.29) is 17.3 Å². The van der Waals surface area contributed by atoms with Gasteiger partial charge in [-0.05, 0) is 12.8 Å². The van der Waals surface area contributed by atoms with Gasteiger partial charge in [0.2, 0.25) is 5.91 Å². The van der Waals surface area contributed by atoms with Crippen molar-refractivity contribution in [3.8, 4) is 0 Å². The molecule has 0 saturated carbocycles. The van der Waals surface area contributed by atoms with Crippen LogP contribution in [0, 0.1) is 0 Å². The van der Waals surface area contributed by atoms with Crippen LogP contribution in [0.2, 0.25) is 0 Å². The molecule has 2 rings (SSSR count). The summed E-state index contributed by atoms with van der Waals surface area (Å²) in [6, 6.07) is 0. The third-order valence-corrected chi connectivity index (χ3v) is 3.90. The molecule has 2 fully saturated rings. The largest absolute Gasteiger partial charge is 0.376 e. The molecular weight excluding hydrogens is 240 g/mol. The minimum atomic E-state index is 0.00481. The van der Waals surface area contributed by atoms with Crippen molar-refractivity contribution in [1.82, 2.24) is 10.2 Å². The molecule has 2 aliphatic rings. The number of hydrogen-bond acceptors (Lipinski definition) is 4. The van der Waals surface area contributed by atoms with Crippen LogP contribution < -0.4 is 5.32 Å². The summed E-state index contributed by atoms with van der Waals surface area (Å²) in [5, 5.41) is 2.95. The third kappa shape index (κ3) is 3.89. The first-order valence-electron chi connectivity index (χ1n) is 6.06. The standard InChI is InChI=1S/C11H18N2O3S/c14-10(12-8-9-2-1-6-16-9)3-4-13-5-7-17-11(13)15/h9H,1-8H2,(H,12,14)/t9-/m0/s1. The molecule has 0 spiro atoms. The highest BCUT2D eigenvalue weighted by Gasteiger charge is 2.21. The quantitative estimate of drug-likeness (QED) is 0.794. The molecular formula is C11H18N2O3S. The molecule has 1 N–H and O–H groups in total. The Balaban J connectivity index is 1.58. The highest BCUT2D eigenvalue weighted by molar-refractivity contribution is 8.13. The lowest BCUT2D eigenvalue weighted by molar-refractivity contribution is -0.121. The van der Waals surface area contributed by atoms with E-state index in [2.05, 4.69) is 5.32 Å². The summed E-state index contributed by atoms with van der Waals surface area (Å²) in [6.07, 6.45) is 2.68. The average molecular weight is 258 g/mol. The van der Waals surface area contributed by atoms with Crippen molar-refractivity contribution in [3.05, 3.63) is 0 Å². The van der Waals surface area contributed by atoms with E-state index in [1.54, 1.807) is 4.90 Å². The van der Waals surface area contributed by atoms with Crippen molar-refractivity contribution in [1.29, 1.82) is 0 Å². The molecule has 1 atom stereocenters. The highest BCUT2D eigenvalue weighted by atomic mass is 32.2. The Bertz CT molecular complexity index is 292. The summed E-state index contributed by atoms with van der Waals surface area (Å²) >= 11 is 1.33. The van der Waals surface area contributed by atoms with Gasteiger partial charge in [0.15, 0.2) is 0 Å². The van der Waals surface area contributed by atoms with Crippen LogP contribution in [0.4, 0.5) is 4.79 Å². The van der Waals surface area contributed by atoms with Crippen molar-refractivity contribution in [2.24, 2.45) is 0 Å². The van der Waals surface area contributed by atoms with Gasteiger partial charge in [0.25, 0.3) is 5.24 Å². The first-order valence-corrected chi connectivity index (χ1v) is 7.04. The number of carbonyl (C=O) groups excluding carboxylic acids is 2. The summed E-state index contributed by atoms with van der Waals surface area (Å²) in [7, 11) is 0. The summed E-state index contributed by atoms with van der Waals surface area (Å²) in [4.78, 5) is 24.6. The first-order chi connectivity index (χ1) is 8.25. The maximum atomic E-state index is 11.6. The van der Waals surface area contributed by atoms with Crippen molar-refractivity contribution in [3.63, 3.8) is 0 Å². The molecule has 17 heavy (non-hydrogen) atoms. The van der Waals surface area contributed by atoms with Crippen LogP contribution in [0.3, 0.4) is 0 Å². The SMILES string of the molecule is O=C(CCN1CCSC1=O)NC[C@@H]1CCCO1. The van der Waals surface area contributed by atoms with Crippen LogP contribution in [-0.4, -0.2) is 54.1 Å². The second-order valence-electron chi connectivity index (χ2n) is 4.29. The second kappa shape index (κ2) is 6.26. The fraction of sp³-hybridized carbons (Fsp3) is 0.818. The molecule has 0 aromatic heterocycles. The highest BCUT2D eigenvalue weighted by Crippen LogP contribution is 2.17. The molecule has 5 nitrogen and oxygen atoms in total. The van der Waals surface area contributed by atoms with Crippen LogP contribution in [0.5, 0.6) is 0 Å². The molecule has 0 aliphatic carbocycles. The number of ether oxygens (including phenoxy) is 1. The van der Waals surface area contributed by atoms with Gasteiger partial charge in [0, 0.05) is 38.4 Å². The van der Waals surface area contributed by atoms with Gasteiger partial charge in [0.1, 0.15) is 0 Å². The van der Waals surface area contributed by atoms with Gasteiger partial charge in [0.05, 0.1) is 6.10 Å². The first kappa shape index (κ1) is 12.7. The zero-order valence-corrected chi connectivity index (χ0v) is 10.6. The van der Waals surface area contributed by atoms with E-state index in [1.807, 2.05) is 0 Å². The van der Waals surface area contributed by atoms with Crippen molar-refractivity contribution in [2.45, 2.75) is 25.4 Å². The topological polar surface area (TPSA) is 58.6 Å². The van der Waals surface area contributed by atoms with Crippen molar-refractivity contribution >= 4 is 22.9 Å². The number of carbonyl (C=O) groups is 2. The van der Waals surface area contributed by atoms with Crippen LogP contribution >= 0.6 is 11.8 Å². The van der Waals surface area contributed by atoms with Gasteiger partial charge in [-0.1, -0.05) is 11.8 Å². The summed E-state index contributed by atoms with van der Waals surface area (Å²) in [5.74, 6) is 0.848. The number of rotatable bonds is 5. The van der Waals surface area contributed by atoms with Crippen molar-refractivity contribution < 1.29 is 14.3 Å². The number of nitrogens with zero attached hydrogens (tertiary/aromatic N) is 1. The van der Waals surface area contributed by atoms with E-state index in [0.717, 1.165) is 31.7 Å². The normalized spacial score (nSPS) is 24.4. The molecule has 2 aliphatic heterocycles. The van der Waals surface area contributed by atoms with E-state index < -0.39 is 0 Å².